The number of carboxylic acids is 1. The van der Waals surface area contributed by atoms with E-state index >= 15 is 0 Å². The second kappa shape index (κ2) is 7.30. The minimum atomic E-state index is -0.939. The van der Waals surface area contributed by atoms with Gasteiger partial charge in [0.15, 0.2) is 0 Å². The molecule has 2 atom stereocenters. The first kappa shape index (κ1) is 14.9. The van der Waals surface area contributed by atoms with Crippen molar-refractivity contribution in [2.24, 2.45) is 5.73 Å². The average molecular weight is 260 g/mol. The van der Waals surface area contributed by atoms with E-state index < -0.39 is 12.0 Å². The Morgan fingerprint density at radius 1 is 1.61 bits per heavy atom. The summed E-state index contributed by atoms with van der Waals surface area (Å²) in [6.07, 6.45) is -0.263. The third-order valence-corrected chi connectivity index (χ3v) is 2.96. The number of ether oxygens (including phenoxy) is 2. The Hall–Kier alpha value is -1.18. The van der Waals surface area contributed by atoms with E-state index in [2.05, 4.69) is 0 Å². The van der Waals surface area contributed by atoms with Crippen LogP contribution in [0.25, 0.3) is 0 Å². The molecular weight excluding hydrogens is 240 g/mol. The monoisotopic (exact) mass is 260 g/mol. The van der Waals surface area contributed by atoms with Crippen LogP contribution in [0.3, 0.4) is 0 Å². The SMILES string of the molecule is COC(CN)CC(=O)N1CCOCC1CC(=O)O. The molecule has 1 heterocycles. The average Bonchev–Trinajstić information content (AvgIpc) is 2.35. The molecule has 104 valence electrons. The van der Waals surface area contributed by atoms with Crippen molar-refractivity contribution in [1.82, 2.24) is 4.90 Å². The maximum atomic E-state index is 12.1. The van der Waals surface area contributed by atoms with Crippen LogP contribution >= 0.6 is 0 Å². The van der Waals surface area contributed by atoms with Crippen LogP contribution in [0, 0.1) is 0 Å². The van der Waals surface area contributed by atoms with Gasteiger partial charge in [-0.15, -0.1) is 0 Å². The zero-order valence-electron chi connectivity index (χ0n) is 10.5. The predicted octanol–water partition coefficient (Wildman–Crippen LogP) is -0.948. The number of carbonyl (C=O) groups is 2. The maximum Gasteiger partial charge on any atom is 0.305 e. The number of morpholine rings is 1. The highest BCUT2D eigenvalue weighted by atomic mass is 16.5. The van der Waals surface area contributed by atoms with Crippen molar-refractivity contribution in [3.05, 3.63) is 0 Å². The lowest BCUT2D eigenvalue weighted by Crippen LogP contribution is -2.50. The number of nitrogens with two attached hydrogens (primary N) is 1. The molecule has 0 saturated carbocycles. The summed E-state index contributed by atoms with van der Waals surface area (Å²) in [4.78, 5) is 24.3. The Bertz CT molecular complexity index is 293. The highest BCUT2D eigenvalue weighted by Gasteiger charge is 2.30. The number of nitrogens with zero attached hydrogens (tertiary/aromatic N) is 1. The van der Waals surface area contributed by atoms with Crippen LogP contribution in [0.5, 0.6) is 0 Å². The van der Waals surface area contributed by atoms with Crippen molar-refractivity contribution < 1.29 is 24.2 Å². The van der Waals surface area contributed by atoms with E-state index in [4.69, 9.17) is 20.3 Å². The highest BCUT2D eigenvalue weighted by molar-refractivity contribution is 5.78. The number of carbonyl (C=O) groups excluding carboxylic acids is 1. The molecule has 1 amide bonds. The summed E-state index contributed by atoms with van der Waals surface area (Å²) in [5, 5.41) is 8.80. The number of hydrogen-bond acceptors (Lipinski definition) is 5. The van der Waals surface area contributed by atoms with Crippen LogP contribution in [0.15, 0.2) is 0 Å². The summed E-state index contributed by atoms with van der Waals surface area (Å²) in [5.41, 5.74) is 5.46. The minimum Gasteiger partial charge on any atom is -0.481 e. The van der Waals surface area contributed by atoms with Gasteiger partial charge in [-0.1, -0.05) is 0 Å². The van der Waals surface area contributed by atoms with E-state index in [1.54, 1.807) is 4.90 Å². The lowest BCUT2D eigenvalue weighted by Gasteiger charge is -2.35. The quantitative estimate of drug-likeness (QED) is 0.638. The molecule has 7 heteroatoms. The molecule has 0 spiro atoms. The van der Waals surface area contributed by atoms with E-state index in [1.165, 1.54) is 7.11 Å². The Kier molecular flexibility index (Phi) is 6.03. The van der Waals surface area contributed by atoms with Crippen molar-refractivity contribution >= 4 is 11.9 Å². The second-order valence-corrected chi connectivity index (χ2v) is 4.21. The van der Waals surface area contributed by atoms with Gasteiger partial charge in [0.25, 0.3) is 0 Å². The molecule has 0 aromatic carbocycles. The van der Waals surface area contributed by atoms with Gasteiger partial charge < -0.3 is 25.2 Å². The van der Waals surface area contributed by atoms with Gasteiger partial charge in [0.2, 0.25) is 5.91 Å². The predicted molar refractivity (Wildman–Crippen MR) is 63.0 cm³/mol. The van der Waals surface area contributed by atoms with Crippen molar-refractivity contribution in [3.8, 4) is 0 Å². The topological polar surface area (TPSA) is 102 Å². The molecule has 1 aliphatic heterocycles. The van der Waals surface area contributed by atoms with Crippen LogP contribution in [0.4, 0.5) is 0 Å². The molecule has 3 N–H and O–H groups in total. The third-order valence-electron chi connectivity index (χ3n) is 2.96. The van der Waals surface area contributed by atoms with Crippen LogP contribution in [0.2, 0.25) is 0 Å². The lowest BCUT2D eigenvalue weighted by molar-refractivity contribution is -0.147. The van der Waals surface area contributed by atoms with Crippen LogP contribution in [0.1, 0.15) is 12.8 Å². The number of methoxy groups -OCH3 is 1. The second-order valence-electron chi connectivity index (χ2n) is 4.21. The van der Waals surface area contributed by atoms with Crippen LogP contribution in [-0.2, 0) is 19.1 Å². The maximum absolute atomic E-state index is 12.1. The Morgan fingerprint density at radius 3 is 2.89 bits per heavy atom. The van der Waals surface area contributed by atoms with E-state index in [0.29, 0.717) is 13.2 Å². The highest BCUT2D eigenvalue weighted by Crippen LogP contribution is 2.13. The van der Waals surface area contributed by atoms with E-state index in [1.807, 2.05) is 0 Å². The fourth-order valence-corrected chi connectivity index (χ4v) is 1.93. The summed E-state index contributed by atoms with van der Waals surface area (Å²) in [5.74, 6) is -1.08. The third kappa shape index (κ3) is 4.25. The van der Waals surface area contributed by atoms with Crippen molar-refractivity contribution in [2.75, 3.05) is 33.4 Å². The van der Waals surface area contributed by atoms with Gasteiger partial charge in [0.05, 0.1) is 38.2 Å². The molecule has 2 unspecified atom stereocenters. The Labute approximate surface area is 106 Å². The van der Waals surface area contributed by atoms with Gasteiger partial charge in [-0.25, -0.2) is 0 Å². The number of aliphatic carboxylic acids is 1. The minimum absolute atomic E-state index is 0.105. The molecule has 7 nitrogen and oxygen atoms in total. The lowest BCUT2D eigenvalue weighted by atomic mass is 10.1. The molecule has 18 heavy (non-hydrogen) atoms. The molecule has 1 rings (SSSR count). The van der Waals surface area contributed by atoms with Gasteiger partial charge in [0.1, 0.15) is 0 Å². The van der Waals surface area contributed by atoms with Gasteiger partial charge in [-0.2, -0.15) is 0 Å². The fraction of sp³-hybridized carbons (Fsp3) is 0.818. The normalized spacial score (nSPS) is 21.7. The number of amides is 1. The van der Waals surface area contributed by atoms with Crippen LogP contribution < -0.4 is 5.73 Å². The Morgan fingerprint density at radius 2 is 2.33 bits per heavy atom. The molecule has 1 saturated heterocycles. The zero-order chi connectivity index (χ0) is 13.5. The van der Waals surface area contributed by atoms with E-state index in [9.17, 15) is 9.59 Å². The molecule has 0 aromatic heterocycles. The molecule has 0 aromatic rings. The molecule has 0 bridgehead atoms. The summed E-state index contributed by atoms with van der Waals surface area (Å²) < 4.78 is 10.3. The first-order chi connectivity index (χ1) is 8.58. The molecule has 0 radical (unpaired) electrons. The number of hydrogen-bond donors (Lipinski definition) is 2. The van der Waals surface area contributed by atoms with Gasteiger partial charge in [-0.05, 0) is 0 Å². The molecule has 1 fully saturated rings. The number of carboxylic acid groups (broad SMARTS) is 1. The molecular formula is C11H20N2O5. The summed E-state index contributed by atoms with van der Waals surface area (Å²) in [6.45, 7) is 1.37. The molecule has 1 aliphatic rings. The van der Waals surface area contributed by atoms with E-state index in [-0.39, 0.29) is 38.0 Å². The smallest absolute Gasteiger partial charge is 0.305 e. The van der Waals surface area contributed by atoms with Crippen molar-refractivity contribution in [3.63, 3.8) is 0 Å². The fourth-order valence-electron chi connectivity index (χ4n) is 1.93. The van der Waals surface area contributed by atoms with Crippen molar-refractivity contribution in [2.45, 2.75) is 25.0 Å². The summed E-state index contributed by atoms with van der Waals surface area (Å²) >= 11 is 0. The standard InChI is InChI=1S/C11H20N2O5/c1-17-9(6-12)5-10(14)13-2-3-18-7-8(13)4-11(15)16/h8-9H,2-7,12H2,1H3,(H,15,16). The largest absolute Gasteiger partial charge is 0.481 e. The van der Waals surface area contributed by atoms with Crippen LogP contribution in [-0.4, -0.2) is 67.4 Å². The van der Waals surface area contributed by atoms with Gasteiger partial charge in [-0.3, -0.25) is 9.59 Å². The number of rotatable bonds is 6. The molecule has 0 aliphatic carbocycles. The summed E-state index contributed by atoms with van der Waals surface area (Å²) in [7, 11) is 1.50. The van der Waals surface area contributed by atoms with E-state index in [0.717, 1.165) is 0 Å². The Balaban J connectivity index is 2.59. The summed E-state index contributed by atoms with van der Waals surface area (Å²) in [6, 6.07) is -0.404. The van der Waals surface area contributed by atoms with Gasteiger partial charge in [0, 0.05) is 20.2 Å². The van der Waals surface area contributed by atoms with Crippen molar-refractivity contribution in [1.29, 1.82) is 0 Å². The van der Waals surface area contributed by atoms with Gasteiger partial charge >= 0.3 is 5.97 Å². The first-order valence-electron chi connectivity index (χ1n) is 5.90. The first-order valence-corrected chi connectivity index (χ1v) is 5.90. The zero-order valence-corrected chi connectivity index (χ0v) is 10.5.